The number of imidazole rings is 1. The molecule has 1 aliphatic carbocycles. The van der Waals surface area contributed by atoms with E-state index in [0.29, 0.717) is 22.2 Å². The fraction of sp³-hybridized carbons (Fsp3) is 0.267. The van der Waals surface area contributed by atoms with Gasteiger partial charge >= 0.3 is 0 Å². The SMILES string of the molecule is Cc1cc2[nH]c(-c3n[nH]cc3NC(=O)C3CC3)nc2cc1Cl. The molecule has 0 aliphatic heterocycles. The molecule has 1 aliphatic rings. The number of halogens is 1. The van der Waals surface area contributed by atoms with E-state index in [-0.39, 0.29) is 11.8 Å². The third kappa shape index (κ3) is 2.25. The molecule has 0 spiro atoms. The number of carbonyl (C=O) groups is 1. The number of nitrogens with one attached hydrogen (secondary N) is 3. The van der Waals surface area contributed by atoms with Gasteiger partial charge in [0.2, 0.25) is 5.91 Å². The van der Waals surface area contributed by atoms with Crippen molar-refractivity contribution in [2.24, 2.45) is 5.92 Å². The second-order valence-corrected chi connectivity index (χ2v) is 6.02. The van der Waals surface area contributed by atoms with Crippen LogP contribution in [0.1, 0.15) is 18.4 Å². The Morgan fingerprint density at radius 2 is 2.23 bits per heavy atom. The third-order valence-electron chi connectivity index (χ3n) is 3.83. The van der Waals surface area contributed by atoms with E-state index in [1.54, 1.807) is 6.20 Å². The van der Waals surface area contributed by atoms with Crippen LogP contribution in [0.15, 0.2) is 18.3 Å². The van der Waals surface area contributed by atoms with Crippen molar-refractivity contribution < 1.29 is 4.79 Å². The Labute approximate surface area is 131 Å². The minimum Gasteiger partial charge on any atom is -0.337 e. The maximum absolute atomic E-state index is 11.9. The monoisotopic (exact) mass is 315 g/mol. The fourth-order valence-corrected chi connectivity index (χ4v) is 2.56. The molecule has 2 aromatic heterocycles. The molecule has 7 heteroatoms. The number of carbonyl (C=O) groups excluding carboxylic acids is 1. The number of hydrogen-bond acceptors (Lipinski definition) is 3. The van der Waals surface area contributed by atoms with E-state index < -0.39 is 0 Å². The molecule has 1 saturated carbocycles. The number of benzene rings is 1. The van der Waals surface area contributed by atoms with Gasteiger partial charge in [0.15, 0.2) is 11.5 Å². The Morgan fingerprint density at radius 1 is 1.41 bits per heavy atom. The summed E-state index contributed by atoms with van der Waals surface area (Å²) in [6.45, 7) is 1.94. The Hall–Kier alpha value is -2.34. The molecule has 4 rings (SSSR count). The van der Waals surface area contributed by atoms with Crippen molar-refractivity contribution in [2.45, 2.75) is 19.8 Å². The summed E-state index contributed by atoms with van der Waals surface area (Å²) in [5.74, 6) is 0.779. The summed E-state index contributed by atoms with van der Waals surface area (Å²) in [5.41, 5.74) is 3.87. The van der Waals surface area contributed by atoms with Crippen LogP contribution < -0.4 is 5.32 Å². The molecule has 6 nitrogen and oxygen atoms in total. The number of aryl methyl sites for hydroxylation is 1. The summed E-state index contributed by atoms with van der Waals surface area (Å²) in [5, 5.41) is 10.5. The molecule has 0 saturated heterocycles. The van der Waals surface area contributed by atoms with Gasteiger partial charge in [0, 0.05) is 17.1 Å². The molecular weight excluding hydrogens is 302 g/mol. The van der Waals surface area contributed by atoms with Crippen molar-refractivity contribution in [1.82, 2.24) is 20.2 Å². The number of anilines is 1. The highest BCUT2D eigenvalue weighted by molar-refractivity contribution is 6.32. The van der Waals surface area contributed by atoms with Gasteiger partial charge in [-0.05, 0) is 37.5 Å². The lowest BCUT2D eigenvalue weighted by molar-refractivity contribution is -0.117. The standard InChI is InChI=1S/C15H14ClN5O/c1-7-4-10-11(5-9(7)16)19-14(18-10)13-12(6-17-21-13)20-15(22)8-2-3-8/h4-6,8H,2-3H2,1H3,(H,17,21)(H,18,19)(H,20,22). The number of nitrogens with zero attached hydrogens (tertiary/aromatic N) is 2. The van der Waals surface area contributed by atoms with Gasteiger partial charge in [0.1, 0.15) is 0 Å². The molecule has 1 fully saturated rings. The molecule has 0 atom stereocenters. The molecular formula is C15H14ClN5O. The number of fused-ring (bicyclic) bond motifs is 1. The minimum absolute atomic E-state index is 0.0395. The van der Waals surface area contributed by atoms with Crippen LogP contribution in [0.5, 0.6) is 0 Å². The first-order valence-corrected chi connectivity index (χ1v) is 7.50. The van der Waals surface area contributed by atoms with Crippen molar-refractivity contribution in [1.29, 1.82) is 0 Å². The van der Waals surface area contributed by atoms with Crippen LogP contribution in [0.4, 0.5) is 5.69 Å². The molecule has 1 amide bonds. The predicted molar refractivity (Wildman–Crippen MR) is 84.8 cm³/mol. The Morgan fingerprint density at radius 3 is 3.00 bits per heavy atom. The van der Waals surface area contributed by atoms with Crippen LogP contribution in [-0.4, -0.2) is 26.1 Å². The molecule has 2 heterocycles. The van der Waals surface area contributed by atoms with Crippen molar-refractivity contribution in [3.63, 3.8) is 0 Å². The quantitative estimate of drug-likeness (QED) is 0.693. The van der Waals surface area contributed by atoms with Crippen LogP contribution in [-0.2, 0) is 4.79 Å². The lowest BCUT2D eigenvalue weighted by Crippen LogP contribution is -2.13. The van der Waals surface area contributed by atoms with Crippen molar-refractivity contribution in [2.75, 3.05) is 5.32 Å². The normalized spacial score (nSPS) is 14.5. The van der Waals surface area contributed by atoms with E-state index in [1.165, 1.54) is 0 Å². The van der Waals surface area contributed by atoms with Gasteiger partial charge < -0.3 is 10.3 Å². The van der Waals surface area contributed by atoms with Crippen LogP contribution in [0.2, 0.25) is 5.02 Å². The largest absolute Gasteiger partial charge is 0.337 e. The second-order valence-electron chi connectivity index (χ2n) is 5.61. The van der Waals surface area contributed by atoms with Gasteiger partial charge in [0.05, 0.1) is 16.7 Å². The highest BCUT2D eigenvalue weighted by Crippen LogP contribution is 2.32. The van der Waals surface area contributed by atoms with Gasteiger partial charge in [-0.15, -0.1) is 0 Å². The number of aromatic nitrogens is 4. The van der Waals surface area contributed by atoms with Crippen LogP contribution in [0.3, 0.4) is 0 Å². The number of amides is 1. The summed E-state index contributed by atoms with van der Waals surface area (Å²) >= 11 is 6.13. The lowest BCUT2D eigenvalue weighted by Gasteiger charge is -2.02. The molecule has 3 N–H and O–H groups in total. The zero-order valence-corrected chi connectivity index (χ0v) is 12.7. The van der Waals surface area contributed by atoms with Gasteiger partial charge in [-0.3, -0.25) is 9.89 Å². The van der Waals surface area contributed by atoms with E-state index >= 15 is 0 Å². The van der Waals surface area contributed by atoms with Crippen LogP contribution >= 0.6 is 11.6 Å². The van der Waals surface area contributed by atoms with E-state index in [0.717, 1.165) is 29.4 Å². The van der Waals surface area contributed by atoms with Gasteiger partial charge in [-0.25, -0.2) is 4.98 Å². The van der Waals surface area contributed by atoms with E-state index in [2.05, 4.69) is 25.5 Å². The highest BCUT2D eigenvalue weighted by Gasteiger charge is 2.30. The topological polar surface area (TPSA) is 86.5 Å². The van der Waals surface area contributed by atoms with Crippen LogP contribution in [0.25, 0.3) is 22.6 Å². The summed E-state index contributed by atoms with van der Waals surface area (Å²) in [7, 11) is 0. The number of H-pyrrole nitrogens is 2. The Bertz CT molecular complexity index is 838. The fourth-order valence-electron chi connectivity index (χ4n) is 2.40. The average Bonchev–Trinajstić information content (AvgIpc) is 3.12. The summed E-state index contributed by atoms with van der Waals surface area (Å²) in [6, 6.07) is 3.77. The summed E-state index contributed by atoms with van der Waals surface area (Å²) in [6.07, 6.45) is 3.59. The van der Waals surface area contributed by atoms with Crippen molar-refractivity contribution in [3.05, 3.63) is 28.9 Å². The summed E-state index contributed by atoms with van der Waals surface area (Å²) < 4.78 is 0. The zero-order chi connectivity index (χ0) is 15.3. The highest BCUT2D eigenvalue weighted by atomic mass is 35.5. The average molecular weight is 316 g/mol. The molecule has 3 aromatic rings. The smallest absolute Gasteiger partial charge is 0.227 e. The Kier molecular flexibility index (Phi) is 2.94. The molecule has 0 bridgehead atoms. The molecule has 0 radical (unpaired) electrons. The molecule has 0 unspecified atom stereocenters. The lowest BCUT2D eigenvalue weighted by atomic mass is 10.2. The molecule has 112 valence electrons. The van der Waals surface area contributed by atoms with Crippen molar-refractivity contribution in [3.8, 4) is 11.5 Å². The van der Waals surface area contributed by atoms with Gasteiger partial charge in [-0.1, -0.05) is 11.6 Å². The van der Waals surface area contributed by atoms with Gasteiger partial charge in [0.25, 0.3) is 0 Å². The van der Waals surface area contributed by atoms with E-state index in [1.807, 2.05) is 19.1 Å². The Balaban J connectivity index is 1.72. The molecule has 22 heavy (non-hydrogen) atoms. The number of hydrogen-bond donors (Lipinski definition) is 3. The number of rotatable bonds is 3. The maximum atomic E-state index is 11.9. The first-order chi connectivity index (χ1) is 10.6. The van der Waals surface area contributed by atoms with Crippen LogP contribution in [0, 0.1) is 12.8 Å². The van der Waals surface area contributed by atoms with Crippen molar-refractivity contribution >= 4 is 34.2 Å². The second kappa shape index (κ2) is 4.84. The zero-order valence-electron chi connectivity index (χ0n) is 11.9. The van der Waals surface area contributed by atoms with Gasteiger partial charge in [-0.2, -0.15) is 5.10 Å². The third-order valence-corrected chi connectivity index (χ3v) is 4.24. The molecule has 1 aromatic carbocycles. The van der Waals surface area contributed by atoms with E-state index in [4.69, 9.17) is 11.6 Å². The first kappa shape index (κ1) is 13.3. The van der Waals surface area contributed by atoms with E-state index in [9.17, 15) is 4.79 Å². The summed E-state index contributed by atoms with van der Waals surface area (Å²) in [4.78, 5) is 19.6. The predicted octanol–water partition coefficient (Wildman–Crippen LogP) is 3.26. The maximum Gasteiger partial charge on any atom is 0.227 e. The minimum atomic E-state index is 0.0395. The number of aromatic amines is 2. The first-order valence-electron chi connectivity index (χ1n) is 7.12.